The highest BCUT2D eigenvalue weighted by Gasteiger charge is 1.19. The minimum absolute atomic E-state index is 0.250. The molecule has 0 rings (SSSR count). The van der Waals surface area contributed by atoms with Crippen molar-refractivity contribution in [3.05, 3.63) is 31.8 Å². The number of hydrogen-bond donors (Lipinski definition) is 0. The van der Waals surface area contributed by atoms with Gasteiger partial charge in [-0.3, -0.25) is 0 Å². The maximum absolute atomic E-state index is 10.1. The monoisotopic (exact) mass is 86.1 g/mol. The molecule has 0 fully saturated rings. The van der Waals surface area contributed by atoms with E-state index in [4.69, 9.17) is 0 Å². The molecule has 0 N–H and O–H groups in total. The molecule has 0 spiro atoms. The van der Waals surface area contributed by atoms with Crippen molar-refractivity contribution in [1.29, 1.82) is 0 Å². The molecule has 0 aromatic rings. The zero-order valence-corrected chi connectivity index (χ0v) is 3.58. The van der Waals surface area contributed by atoms with Crippen LogP contribution < -0.4 is 0 Å². The van der Waals surface area contributed by atoms with Crippen LogP contribution in [0.25, 0.3) is 0 Å². The predicted molar refractivity (Wildman–Crippen MR) is 26.1 cm³/mol. The fraction of sp³-hybridized carbons (Fsp3) is 0. The van der Waals surface area contributed by atoms with Gasteiger partial charge in [0.05, 0.1) is 6.33 Å². The average molecular weight is 86.1 g/mol. The van der Waals surface area contributed by atoms with Crippen molar-refractivity contribution < 1.29 is 4.39 Å². The highest BCUT2D eigenvalue weighted by Crippen LogP contribution is 1.48. The molecule has 0 nitrogen and oxygen atoms in total. The molecule has 0 saturated heterocycles. The minimum atomic E-state index is 0.250. The molecule has 0 bridgehead atoms. The molecule has 0 aliphatic heterocycles. The fourth-order valence-corrected chi connectivity index (χ4v) is 0. The molecule has 0 aromatic carbocycles. The van der Waals surface area contributed by atoms with E-state index in [1.807, 2.05) is 0 Å². The summed E-state index contributed by atoms with van der Waals surface area (Å²) in [5, 5.41) is 0. The summed E-state index contributed by atoms with van der Waals surface area (Å²) in [6, 6.07) is 0. The molecule has 0 aromatic heterocycles. The van der Waals surface area contributed by atoms with E-state index >= 15 is 0 Å². The van der Waals surface area contributed by atoms with E-state index < -0.39 is 0 Å². The lowest BCUT2D eigenvalue weighted by Gasteiger charge is -1.28. The van der Waals surface area contributed by atoms with Gasteiger partial charge in [-0.05, 0) is 0 Å². The number of halogens is 1. The predicted octanol–water partition coefficient (Wildman–Crippen LogP) is 2.06. The van der Waals surface area contributed by atoms with Crippen LogP contribution in [0.4, 0.5) is 4.39 Å². The van der Waals surface area contributed by atoms with E-state index in [9.17, 15) is 4.39 Å². The van der Waals surface area contributed by atoms with Gasteiger partial charge in [0.25, 0.3) is 0 Å². The van der Waals surface area contributed by atoms with Gasteiger partial charge in [0, 0.05) is 0 Å². The molecule has 0 aliphatic carbocycles. The fourth-order valence-electron chi connectivity index (χ4n) is 0. The van der Waals surface area contributed by atoms with Crippen LogP contribution in [0.1, 0.15) is 0 Å². The van der Waals surface area contributed by atoms with Crippen molar-refractivity contribution in [2.45, 2.75) is 0 Å². The van der Waals surface area contributed by atoms with Gasteiger partial charge in [-0.15, -0.1) is 5.73 Å². The third-order valence-electron chi connectivity index (χ3n) is 0. The van der Waals surface area contributed by atoms with Crippen LogP contribution in [0.2, 0.25) is 0 Å². The summed E-state index contributed by atoms with van der Waals surface area (Å²) in [7, 11) is 0. The average Bonchev–Trinajstić information content (AvgIpc) is 1.39. The van der Waals surface area contributed by atoms with E-state index in [-0.39, 0.29) is 6.33 Å². The van der Waals surface area contributed by atoms with Crippen LogP contribution in [-0.4, -0.2) is 0 Å². The first-order chi connectivity index (χ1) is 2.83. The molecule has 0 heterocycles. The molecular weight excluding hydrogens is 79.1 g/mol. The Morgan fingerprint density at radius 1 is 1.50 bits per heavy atom. The Labute approximate surface area is 37.3 Å². The van der Waals surface area contributed by atoms with E-state index in [2.05, 4.69) is 25.5 Å². The molecule has 0 amide bonds. The van der Waals surface area contributed by atoms with Crippen LogP contribution >= 0.6 is 0 Å². The molecule has 34 valence electrons. The van der Waals surface area contributed by atoms with Gasteiger partial charge in [0.2, 0.25) is 0 Å². The van der Waals surface area contributed by atoms with Crippen LogP contribution in [0.15, 0.2) is 31.8 Å². The second-order valence-corrected chi connectivity index (χ2v) is 0.404. The van der Waals surface area contributed by atoms with Crippen LogP contribution in [0.3, 0.4) is 0 Å². The zero-order valence-electron chi connectivity index (χ0n) is 3.58. The Hall–Kier alpha value is -0.810. The smallest absolute Gasteiger partial charge is 0.0795 e. The van der Waals surface area contributed by atoms with E-state index in [1.54, 1.807) is 0 Å². The Bertz CT molecular complexity index is 49.0. The van der Waals surface area contributed by atoms with E-state index in [0.29, 0.717) is 0 Å². The molecular formula is C5H7F. The van der Waals surface area contributed by atoms with Crippen molar-refractivity contribution in [2.24, 2.45) is 0 Å². The standard InChI is InChI=1S/C3H4.C2H3F/c1-3-2;1-2-3/h1-2H2;2H,1H2. The summed E-state index contributed by atoms with van der Waals surface area (Å²) in [6.45, 7) is 8.94. The summed E-state index contributed by atoms with van der Waals surface area (Å²) in [6.07, 6.45) is 0.250. The minimum Gasteiger partial charge on any atom is -0.216 e. The van der Waals surface area contributed by atoms with Gasteiger partial charge in [0.1, 0.15) is 0 Å². The second-order valence-electron chi connectivity index (χ2n) is 0.404. The first kappa shape index (κ1) is 8.95. The van der Waals surface area contributed by atoms with Crippen LogP contribution in [-0.2, 0) is 0 Å². The topological polar surface area (TPSA) is 0 Å². The summed E-state index contributed by atoms with van der Waals surface area (Å²) >= 11 is 0. The molecule has 1 heteroatoms. The highest BCUT2D eigenvalue weighted by molar-refractivity contribution is 4.51. The number of rotatable bonds is 0. The molecule has 0 aliphatic rings. The Kier molecular flexibility index (Phi) is 44.9. The van der Waals surface area contributed by atoms with Gasteiger partial charge in [-0.2, -0.15) is 0 Å². The van der Waals surface area contributed by atoms with Gasteiger partial charge in [-0.25, -0.2) is 4.39 Å². The molecule has 0 radical (unpaired) electrons. The van der Waals surface area contributed by atoms with E-state index in [0.717, 1.165) is 0 Å². The Balaban J connectivity index is 0. The summed E-state index contributed by atoms with van der Waals surface area (Å²) < 4.78 is 10.1. The first-order valence-electron chi connectivity index (χ1n) is 1.33. The second kappa shape index (κ2) is 30.1. The third kappa shape index (κ3) is 23.3. The quantitative estimate of drug-likeness (QED) is 0.396. The first-order valence-corrected chi connectivity index (χ1v) is 1.33. The van der Waals surface area contributed by atoms with Crippen LogP contribution in [0.5, 0.6) is 0 Å². The van der Waals surface area contributed by atoms with Crippen molar-refractivity contribution in [2.75, 3.05) is 0 Å². The Morgan fingerprint density at radius 2 is 1.50 bits per heavy atom. The maximum atomic E-state index is 10.1. The summed E-state index contributed by atoms with van der Waals surface area (Å²) in [5.41, 5.74) is 2.25. The van der Waals surface area contributed by atoms with E-state index in [1.165, 1.54) is 0 Å². The van der Waals surface area contributed by atoms with Gasteiger partial charge in [0.15, 0.2) is 0 Å². The summed E-state index contributed by atoms with van der Waals surface area (Å²) in [4.78, 5) is 0. The number of hydrogen-bond acceptors (Lipinski definition) is 0. The molecule has 0 saturated carbocycles. The molecule has 6 heavy (non-hydrogen) atoms. The van der Waals surface area contributed by atoms with Gasteiger partial charge >= 0.3 is 0 Å². The summed E-state index contributed by atoms with van der Waals surface area (Å²) in [5.74, 6) is 0. The van der Waals surface area contributed by atoms with Gasteiger partial charge in [-0.1, -0.05) is 19.7 Å². The van der Waals surface area contributed by atoms with Crippen molar-refractivity contribution in [3.63, 3.8) is 0 Å². The highest BCUT2D eigenvalue weighted by atomic mass is 19.1. The maximum Gasteiger partial charge on any atom is 0.0795 e. The lowest BCUT2D eigenvalue weighted by Crippen LogP contribution is -0.990. The van der Waals surface area contributed by atoms with Crippen molar-refractivity contribution in [3.8, 4) is 0 Å². The molecule has 0 atom stereocenters. The third-order valence-corrected chi connectivity index (χ3v) is 0. The lowest BCUT2D eigenvalue weighted by molar-refractivity contribution is 0.725. The lowest BCUT2D eigenvalue weighted by atomic mass is 11.0. The largest absolute Gasteiger partial charge is 0.216 e. The van der Waals surface area contributed by atoms with Crippen molar-refractivity contribution in [1.82, 2.24) is 0 Å². The van der Waals surface area contributed by atoms with Gasteiger partial charge < -0.3 is 0 Å². The Morgan fingerprint density at radius 3 is 1.50 bits per heavy atom. The SMILES string of the molecule is C=C=C.C=CF. The molecule has 0 unspecified atom stereocenters. The normalized spacial score (nSPS) is 3.50. The zero-order chi connectivity index (χ0) is 5.41. The van der Waals surface area contributed by atoms with Crippen LogP contribution in [0, 0.1) is 0 Å². The van der Waals surface area contributed by atoms with Crippen molar-refractivity contribution >= 4 is 0 Å².